The number of aromatic hydroxyl groups is 1. The zero-order chi connectivity index (χ0) is 13.1. The van der Waals surface area contributed by atoms with Gasteiger partial charge in [0.05, 0.1) is 11.2 Å². The lowest BCUT2D eigenvalue weighted by atomic mass is 10.1. The van der Waals surface area contributed by atoms with Crippen LogP contribution in [-0.4, -0.2) is 23.4 Å². The van der Waals surface area contributed by atoms with Gasteiger partial charge in [0.15, 0.2) is 11.5 Å². The van der Waals surface area contributed by atoms with Crippen molar-refractivity contribution in [3.05, 3.63) is 34.3 Å². The number of ether oxygens (including phenoxy) is 2. The van der Waals surface area contributed by atoms with E-state index in [2.05, 4.69) is 10.3 Å². The summed E-state index contributed by atoms with van der Waals surface area (Å²) in [5.74, 6) is 1.52. The topological polar surface area (TPSA) is 63.6 Å². The Morgan fingerprint density at radius 3 is 2.95 bits per heavy atom. The van der Waals surface area contributed by atoms with E-state index in [-0.39, 0.29) is 12.5 Å². The first-order valence-corrected chi connectivity index (χ1v) is 6.96. The van der Waals surface area contributed by atoms with Crippen molar-refractivity contribution >= 4 is 11.3 Å². The van der Waals surface area contributed by atoms with Crippen molar-refractivity contribution in [3.8, 4) is 17.2 Å². The average molecular weight is 278 g/mol. The van der Waals surface area contributed by atoms with Crippen molar-refractivity contribution in [1.82, 2.24) is 10.3 Å². The second kappa shape index (κ2) is 5.46. The highest BCUT2D eigenvalue weighted by Crippen LogP contribution is 2.37. The maximum absolute atomic E-state index is 9.87. The normalized spacial score (nSPS) is 12.8. The van der Waals surface area contributed by atoms with Gasteiger partial charge in [-0.25, -0.2) is 4.98 Å². The molecule has 0 unspecified atom stereocenters. The lowest BCUT2D eigenvalue weighted by Crippen LogP contribution is -2.16. The van der Waals surface area contributed by atoms with Crippen molar-refractivity contribution in [3.63, 3.8) is 0 Å². The highest BCUT2D eigenvalue weighted by molar-refractivity contribution is 7.07. The number of hydrogen-bond acceptors (Lipinski definition) is 6. The predicted molar refractivity (Wildman–Crippen MR) is 71.8 cm³/mol. The summed E-state index contributed by atoms with van der Waals surface area (Å²) in [6.07, 6.45) is 0.884. The first kappa shape index (κ1) is 12.3. The SMILES string of the molecule is Oc1cc2c(cc1CNCCc1cscn1)OCO2. The monoisotopic (exact) mass is 278 g/mol. The minimum absolute atomic E-state index is 0.218. The molecule has 5 nitrogen and oxygen atoms in total. The van der Waals surface area contributed by atoms with Gasteiger partial charge < -0.3 is 19.9 Å². The van der Waals surface area contributed by atoms with E-state index >= 15 is 0 Å². The minimum atomic E-state index is 0.218. The third kappa shape index (κ3) is 2.80. The van der Waals surface area contributed by atoms with Gasteiger partial charge in [-0.2, -0.15) is 0 Å². The molecule has 0 amide bonds. The first-order valence-electron chi connectivity index (χ1n) is 6.02. The van der Waals surface area contributed by atoms with Crippen molar-refractivity contribution in [2.75, 3.05) is 13.3 Å². The molecule has 100 valence electrons. The van der Waals surface area contributed by atoms with Crippen LogP contribution in [0.5, 0.6) is 17.2 Å². The number of aromatic nitrogens is 1. The Labute approximate surface area is 114 Å². The zero-order valence-corrected chi connectivity index (χ0v) is 11.1. The molecule has 0 atom stereocenters. The predicted octanol–water partition coefficient (Wildman–Crippen LogP) is 1.91. The molecule has 0 fully saturated rings. The van der Waals surface area contributed by atoms with Crippen LogP contribution in [0.1, 0.15) is 11.3 Å². The summed E-state index contributed by atoms with van der Waals surface area (Å²) in [6.45, 7) is 1.62. The Kier molecular flexibility index (Phi) is 3.52. The van der Waals surface area contributed by atoms with E-state index < -0.39 is 0 Å². The maximum atomic E-state index is 9.87. The summed E-state index contributed by atoms with van der Waals surface area (Å²) in [7, 11) is 0. The van der Waals surface area contributed by atoms with E-state index in [9.17, 15) is 5.11 Å². The van der Waals surface area contributed by atoms with Gasteiger partial charge in [-0.15, -0.1) is 11.3 Å². The van der Waals surface area contributed by atoms with Crippen LogP contribution >= 0.6 is 11.3 Å². The van der Waals surface area contributed by atoms with Crippen LogP contribution in [-0.2, 0) is 13.0 Å². The van der Waals surface area contributed by atoms with E-state index in [1.807, 2.05) is 17.0 Å². The Balaban J connectivity index is 1.55. The molecule has 0 saturated heterocycles. The van der Waals surface area contributed by atoms with Gasteiger partial charge in [0.2, 0.25) is 6.79 Å². The van der Waals surface area contributed by atoms with E-state index in [0.717, 1.165) is 24.2 Å². The Morgan fingerprint density at radius 2 is 2.16 bits per heavy atom. The van der Waals surface area contributed by atoms with E-state index in [1.54, 1.807) is 17.4 Å². The molecule has 6 heteroatoms. The number of nitrogens with zero attached hydrogens (tertiary/aromatic N) is 1. The van der Waals surface area contributed by atoms with E-state index in [4.69, 9.17) is 9.47 Å². The summed E-state index contributed by atoms with van der Waals surface area (Å²) in [5.41, 5.74) is 3.73. The van der Waals surface area contributed by atoms with Crippen LogP contribution in [0.15, 0.2) is 23.0 Å². The highest BCUT2D eigenvalue weighted by Gasteiger charge is 2.16. The number of rotatable bonds is 5. The molecule has 0 bridgehead atoms. The highest BCUT2D eigenvalue weighted by atomic mass is 32.1. The molecule has 1 aliphatic rings. The number of fused-ring (bicyclic) bond motifs is 1. The summed E-state index contributed by atoms with van der Waals surface area (Å²) in [6, 6.07) is 3.41. The third-order valence-corrected chi connectivity index (χ3v) is 3.57. The number of hydrogen-bond donors (Lipinski definition) is 2. The molecule has 3 rings (SSSR count). The Morgan fingerprint density at radius 1 is 1.32 bits per heavy atom. The van der Waals surface area contributed by atoms with Gasteiger partial charge in [0, 0.05) is 36.5 Å². The number of benzene rings is 1. The molecular weight excluding hydrogens is 264 g/mol. The quantitative estimate of drug-likeness (QED) is 0.818. The lowest BCUT2D eigenvalue weighted by molar-refractivity contribution is 0.174. The van der Waals surface area contributed by atoms with Crippen molar-refractivity contribution in [1.29, 1.82) is 0 Å². The first-order chi connectivity index (χ1) is 9.33. The van der Waals surface area contributed by atoms with Crippen LogP contribution < -0.4 is 14.8 Å². The average Bonchev–Trinajstić information content (AvgIpc) is 3.05. The Hall–Kier alpha value is -1.79. The maximum Gasteiger partial charge on any atom is 0.231 e. The second-order valence-electron chi connectivity index (χ2n) is 4.24. The number of nitrogens with one attached hydrogen (secondary N) is 1. The van der Waals surface area contributed by atoms with Crippen LogP contribution in [0.25, 0.3) is 0 Å². The molecule has 1 aromatic carbocycles. The second-order valence-corrected chi connectivity index (χ2v) is 4.96. The van der Waals surface area contributed by atoms with Gasteiger partial charge in [-0.3, -0.25) is 0 Å². The van der Waals surface area contributed by atoms with Crippen LogP contribution in [0.3, 0.4) is 0 Å². The van der Waals surface area contributed by atoms with Gasteiger partial charge in [0.1, 0.15) is 5.75 Å². The fraction of sp³-hybridized carbons (Fsp3) is 0.308. The van der Waals surface area contributed by atoms with Crippen molar-refractivity contribution in [2.24, 2.45) is 0 Å². The Bertz CT molecular complexity index is 557. The zero-order valence-electron chi connectivity index (χ0n) is 10.3. The fourth-order valence-corrected chi connectivity index (χ4v) is 2.51. The fourth-order valence-electron chi connectivity index (χ4n) is 1.92. The van der Waals surface area contributed by atoms with Gasteiger partial charge in [-0.1, -0.05) is 0 Å². The number of thiazole rings is 1. The molecule has 2 N–H and O–H groups in total. The van der Waals surface area contributed by atoms with Crippen LogP contribution in [0, 0.1) is 0 Å². The number of phenols is 1. The summed E-state index contributed by atoms with van der Waals surface area (Å²) in [5, 5.41) is 15.2. The molecule has 1 aromatic heterocycles. The molecule has 2 heterocycles. The lowest BCUT2D eigenvalue weighted by Gasteiger charge is -2.07. The molecule has 1 aliphatic heterocycles. The van der Waals surface area contributed by atoms with Gasteiger partial charge >= 0.3 is 0 Å². The van der Waals surface area contributed by atoms with E-state index in [1.165, 1.54) is 0 Å². The van der Waals surface area contributed by atoms with E-state index in [0.29, 0.717) is 18.0 Å². The van der Waals surface area contributed by atoms with Gasteiger partial charge in [-0.05, 0) is 6.07 Å². The minimum Gasteiger partial charge on any atom is -0.507 e. The van der Waals surface area contributed by atoms with Crippen LogP contribution in [0.4, 0.5) is 0 Å². The summed E-state index contributed by atoms with van der Waals surface area (Å²) >= 11 is 1.60. The van der Waals surface area contributed by atoms with Crippen molar-refractivity contribution in [2.45, 2.75) is 13.0 Å². The molecule has 2 aromatic rings. The third-order valence-electron chi connectivity index (χ3n) is 2.93. The molecule has 0 radical (unpaired) electrons. The summed E-state index contributed by atoms with van der Waals surface area (Å²) < 4.78 is 10.5. The van der Waals surface area contributed by atoms with Gasteiger partial charge in [0.25, 0.3) is 0 Å². The standard InChI is InChI=1S/C13H14N2O3S/c16-11-4-13-12(17-8-18-13)3-9(11)5-14-2-1-10-6-19-7-15-10/h3-4,6-7,14,16H,1-2,5,8H2. The molecule has 0 spiro atoms. The van der Waals surface area contributed by atoms with Crippen molar-refractivity contribution < 1.29 is 14.6 Å². The molecule has 0 saturated carbocycles. The smallest absolute Gasteiger partial charge is 0.231 e. The molecule has 0 aliphatic carbocycles. The molecule has 19 heavy (non-hydrogen) atoms. The van der Waals surface area contributed by atoms with Crippen LogP contribution in [0.2, 0.25) is 0 Å². The molecular formula is C13H14N2O3S. The summed E-state index contributed by atoms with van der Waals surface area (Å²) in [4.78, 5) is 4.22. The number of phenolic OH excluding ortho intramolecular Hbond substituents is 1. The largest absolute Gasteiger partial charge is 0.507 e.